The third-order valence-electron chi connectivity index (χ3n) is 3.96. The van der Waals surface area contributed by atoms with Crippen LogP contribution in [0.25, 0.3) is 0 Å². The highest BCUT2D eigenvalue weighted by Gasteiger charge is 2.34. The Morgan fingerprint density at radius 2 is 2.19 bits per heavy atom. The van der Waals surface area contributed by atoms with E-state index in [1.165, 1.54) is 30.6 Å². The molecule has 2 unspecified atom stereocenters. The molecular formula is C12H19N3S. The van der Waals surface area contributed by atoms with Crippen molar-refractivity contribution in [3.63, 3.8) is 0 Å². The highest BCUT2D eigenvalue weighted by atomic mass is 32.1. The fraction of sp³-hybridized carbons (Fsp3) is 0.750. The Labute approximate surface area is 101 Å². The summed E-state index contributed by atoms with van der Waals surface area (Å²) in [5.41, 5.74) is 1.93. The molecule has 2 aliphatic heterocycles. The molecular weight excluding hydrogens is 218 g/mol. The second kappa shape index (κ2) is 4.43. The highest BCUT2D eigenvalue weighted by Crippen LogP contribution is 2.29. The van der Waals surface area contributed by atoms with Gasteiger partial charge in [0.2, 0.25) is 0 Å². The van der Waals surface area contributed by atoms with Crippen LogP contribution in [-0.4, -0.2) is 35.1 Å². The summed E-state index contributed by atoms with van der Waals surface area (Å²) in [6.07, 6.45) is 7.42. The van der Waals surface area contributed by atoms with Gasteiger partial charge in [-0.3, -0.25) is 9.88 Å². The lowest BCUT2D eigenvalue weighted by atomic mass is 9.98. The van der Waals surface area contributed by atoms with Gasteiger partial charge in [0.25, 0.3) is 0 Å². The molecule has 3 rings (SSSR count). The van der Waals surface area contributed by atoms with Gasteiger partial charge in [0.15, 0.2) is 0 Å². The SMILES string of the molecule is CN(Cc1cncs1)C1CC2CCC(C1)N2. The minimum absolute atomic E-state index is 0.765. The molecule has 0 aliphatic carbocycles. The summed E-state index contributed by atoms with van der Waals surface area (Å²) in [7, 11) is 2.26. The van der Waals surface area contributed by atoms with Crippen molar-refractivity contribution in [2.24, 2.45) is 0 Å². The molecule has 2 bridgehead atoms. The van der Waals surface area contributed by atoms with Crippen molar-refractivity contribution >= 4 is 11.3 Å². The van der Waals surface area contributed by atoms with E-state index in [0.717, 1.165) is 24.7 Å². The van der Waals surface area contributed by atoms with E-state index in [1.54, 1.807) is 11.3 Å². The monoisotopic (exact) mass is 237 g/mol. The van der Waals surface area contributed by atoms with Crippen molar-refractivity contribution in [2.45, 2.75) is 50.4 Å². The normalized spacial score (nSPS) is 33.5. The van der Waals surface area contributed by atoms with Crippen LogP contribution in [-0.2, 0) is 6.54 Å². The Morgan fingerprint density at radius 3 is 2.81 bits per heavy atom. The number of thiazole rings is 1. The Hall–Kier alpha value is -0.450. The fourth-order valence-corrected chi connectivity index (χ4v) is 3.74. The standard InChI is InChI=1S/C12H19N3S/c1-15(7-12-6-13-8-16-12)11-4-9-2-3-10(5-11)14-9/h6,8-11,14H,2-5,7H2,1H3. The summed E-state index contributed by atoms with van der Waals surface area (Å²) in [6, 6.07) is 2.33. The minimum Gasteiger partial charge on any atom is -0.311 e. The van der Waals surface area contributed by atoms with Crippen molar-refractivity contribution in [3.05, 3.63) is 16.6 Å². The van der Waals surface area contributed by atoms with Crippen LogP contribution >= 0.6 is 11.3 Å². The number of hydrogen-bond acceptors (Lipinski definition) is 4. The molecule has 2 atom stereocenters. The lowest BCUT2D eigenvalue weighted by Gasteiger charge is -2.35. The quantitative estimate of drug-likeness (QED) is 0.869. The van der Waals surface area contributed by atoms with Crippen LogP contribution < -0.4 is 5.32 Å². The second-order valence-electron chi connectivity index (χ2n) is 5.15. The van der Waals surface area contributed by atoms with Gasteiger partial charge in [-0.2, -0.15) is 0 Å². The first-order chi connectivity index (χ1) is 7.81. The number of hydrogen-bond donors (Lipinski definition) is 1. The van der Waals surface area contributed by atoms with E-state index in [0.29, 0.717) is 0 Å². The van der Waals surface area contributed by atoms with Gasteiger partial charge in [-0.05, 0) is 32.7 Å². The first-order valence-electron chi connectivity index (χ1n) is 6.15. The molecule has 1 aromatic rings. The van der Waals surface area contributed by atoms with Crippen molar-refractivity contribution in [1.82, 2.24) is 15.2 Å². The number of nitrogens with one attached hydrogen (secondary N) is 1. The maximum atomic E-state index is 4.14. The predicted molar refractivity (Wildman–Crippen MR) is 66.5 cm³/mol. The zero-order valence-electron chi connectivity index (χ0n) is 9.72. The summed E-state index contributed by atoms with van der Waals surface area (Å²) in [6.45, 7) is 1.06. The van der Waals surface area contributed by atoms with Crippen molar-refractivity contribution in [1.29, 1.82) is 0 Å². The minimum atomic E-state index is 0.765. The number of fused-ring (bicyclic) bond motifs is 2. The number of aromatic nitrogens is 1. The molecule has 1 N–H and O–H groups in total. The fourth-order valence-electron chi connectivity index (χ4n) is 3.08. The van der Waals surface area contributed by atoms with Crippen LogP contribution in [0.15, 0.2) is 11.7 Å². The summed E-state index contributed by atoms with van der Waals surface area (Å²) >= 11 is 1.76. The molecule has 1 aromatic heterocycles. The zero-order chi connectivity index (χ0) is 11.0. The van der Waals surface area contributed by atoms with Gasteiger partial charge in [-0.25, -0.2) is 0 Å². The molecule has 4 heteroatoms. The van der Waals surface area contributed by atoms with Gasteiger partial charge >= 0.3 is 0 Å². The van der Waals surface area contributed by atoms with Gasteiger partial charge in [-0.15, -0.1) is 11.3 Å². The van der Waals surface area contributed by atoms with Crippen LogP contribution in [0, 0.1) is 0 Å². The van der Waals surface area contributed by atoms with E-state index in [9.17, 15) is 0 Å². The average molecular weight is 237 g/mol. The average Bonchev–Trinajstić information content (AvgIpc) is 2.89. The molecule has 2 aliphatic rings. The predicted octanol–water partition coefficient (Wildman–Crippen LogP) is 1.86. The second-order valence-corrected chi connectivity index (χ2v) is 6.12. The summed E-state index contributed by atoms with van der Waals surface area (Å²) in [4.78, 5) is 8.04. The highest BCUT2D eigenvalue weighted by molar-refractivity contribution is 7.09. The molecule has 2 fully saturated rings. The number of rotatable bonds is 3. The third kappa shape index (κ3) is 2.14. The molecule has 0 saturated carbocycles. The Bertz CT molecular complexity index is 326. The van der Waals surface area contributed by atoms with Gasteiger partial charge < -0.3 is 5.32 Å². The number of nitrogens with zero attached hydrogens (tertiary/aromatic N) is 2. The molecule has 0 radical (unpaired) electrons. The van der Waals surface area contributed by atoms with E-state index in [1.807, 2.05) is 11.7 Å². The molecule has 16 heavy (non-hydrogen) atoms. The summed E-state index contributed by atoms with van der Waals surface area (Å²) < 4.78 is 0. The molecule has 3 nitrogen and oxygen atoms in total. The van der Waals surface area contributed by atoms with Crippen molar-refractivity contribution in [2.75, 3.05) is 7.05 Å². The molecule has 0 spiro atoms. The Kier molecular flexibility index (Phi) is 2.96. The van der Waals surface area contributed by atoms with Crippen LogP contribution in [0.3, 0.4) is 0 Å². The first kappa shape index (κ1) is 10.7. The third-order valence-corrected chi connectivity index (χ3v) is 4.72. The Balaban J connectivity index is 1.60. The molecule has 3 heterocycles. The van der Waals surface area contributed by atoms with Crippen LogP contribution in [0.5, 0.6) is 0 Å². The van der Waals surface area contributed by atoms with Gasteiger partial charge in [0, 0.05) is 35.7 Å². The molecule has 2 saturated heterocycles. The van der Waals surface area contributed by atoms with Crippen LogP contribution in [0.2, 0.25) is 0 Å². The zero-order valence-corrected chi connectivity index (χ0v) is 10.5. The van der Waals surface area contributed by atoms with E-state index in [4.69, 9.17) is 0 Å². The van der Waals surface area contributed by atoms with E-state index in [2.05, 4.69) is 22.2 Å². The van der Waals surface area contributed by atoms with Crippen LogP contribution in [0.4, 0.5) is 0 Å². The van der Waals surface area contributed by atoms with Crippen LogP contribution in [0.1, 0.15) is 30.6 Å². The van der Waals surface area contributed by atoms with Gasteiger partial charge in [0.1, 0.15) is 0 Å². The maximum Gasteiger partial charge on any atom is 0.0794 e. The van der Waals surface area contributed by atoms with Gasteiger partial charge in [0.05, 0.1) is 5.51 Å². The maximum absolute atomic E-state index is 4.14. The Morgan fingerprint density at radius 1 is 1.44 bits per heavy atom. The lowest BCUT2D eigenvalue weighted by molar-refractivity contribution is 0.167. The molecule has 0 aromatic carbocycles. The number of piperidine rings is 1. The summed E-state index contributed by atoms with van der Waals surface area (Å²) in [5.74, 6) is 0. The van der Waals surface area contributed by atoms with E-state index >= 15 is 0 Å². The van der Waals surface area contributed by atoms with E-state index < -0.39 is 0 Å². The largest absolute Gasteiger partial charge is 0.311 e. The van der Waals surface area contributed by atoms with Gasteiger partial charge in [-0.1, -0.05) is 0 Å². The molecule has 88 valence electrons. The first-order valence-corrected chi connectivity index (χ1v) is 7.03. The topological polar surface area (TPSA) is 28.2 Å². The van der Waals surface area contributed by atoms with Crippen molar-refractivity contribution < 1.29 is 0 Å². The lowest BCUT2D eigenvalue weighted by Crippen LogP contribution is -2.46. The summed E-state index contributed by atoms with van der Waals surface area (Å²) in [5, 5.41) is 3.70. The molecule has 0 amide bonds. The van der Waals surface area contributed by atoms with Crippen molar-refractivity contribution in [3.8, 4) is 0 Å². The van der Waals surface area contributed by atoms with E-state index in [-0.39, 0.29) is 0 Å². The smallest absolute Gasteiger partial charge is 0.0794 e.